The van der Waals surface area contributed by atoms with Crippen LogP contribution in [0.15, 0.2) is 71.9 Å². The van der Waals surface area contributed by atoms with Crippen LogP contribution in [-0.2, 0) is 0 Å². The first kappa shape index (κ1) is 19.9. The number of rotatable bonds is 6. The second kappa shape index (κ2) is 8.53. The quantitative estimate of drug-likeness (QED) is 0.557. The Morgan fingerprint density at radius 3 is 2.07 bits per heavy atom. The number of halogens is 2. The predicted octanol–water partition coefficient (Wildman–Crippen LogP) is 5.43. The fourth-order valence-electron chi connectivity index (χ4n) is 3.55. The standard InChI is InChI=1S/C24H21F2N3O/c1-27-24(30)22-20(23(25)26)19(15-12-13-15)18(14-28-22)29-21(16-8-4-2-5-9-16)17-10-6-3-7-11-17/h2-11,14-15,23H,12-13H2,1H3,(H,27,30). The zero-order chi connectivity index (χ0) is 21.1. The predicted molar refractivity (Wildman–Crippen MR) is 113 cm³/mol. The molecule has 0 atom stereocenters. The Balaban J connectivity index is 1.95. The molecule has 4 nitrogen and oxygen atoms in total. The molecule has 0 aliphatic heterocycles. The van der Waals surface area contributed by atoms with Crippen molar-refractivity contribution >= 4 is 17.3 Å². The summed E-state index contributed by atoms with van der Waals surface area (Å²) >= 11 is 0. The van der Waals surface area contributed by atoms with Crippen LogP contribution < -0.4 is 5.32 Å². The van der Waals surface area contributed by atoms with Crippen molar-refractivity contribution in [3.63, 3.8) is 0 Å². The van der Waals surface area contributed by atoms with E-state index in [4.69, 9.17) is 4.99 Å². The number of aliphatic imine (C=N–C) groups is 1. The molecule has 0 bridgehead atoms. The number of benzene rings is 2. The van der Waals surface area contributed by atoms with Gasteiger partial charge >= 0.3 is 0 Å². The third-order valence-corrected chi connectivity index (χ3v) is 5.11. The minimum atomic E-state index is -2.81. The maximum atomic E-state index is 14.1. The van der Waals surface area contributed by atoms with Gasteiger partial charge in [-0.3, -0.25) is 4.79 Å². The van der Waals surface area contributed by atoms with Gasteiger partial charge in [0.1, 0.15) is 5.69 Å². The summed E-state index contributed by atoms with van der Waals surface area (Å²) in [4.78, 5) is 21.1. The summed E-state index contributed by atoms with van der Waals surface area (Å²) in [7, 11) is 1.41. The van der Waals surface area contributed by atoms with Crippen molar-refractivity contribution in [3.05, 3.63) is 94.8 Å². The highest BCUT2D eigenvalue weighted by molar-refractivity contribution is 6.14. The number of carbonyl (C=O) groups excluding carboxylic acids is 1. The van der Waals surface area contributed by atoms with Gasteiger partial charge in [-0.15, -0.1) is 0 Å². The van der Waals surface area contributed by atoms with Crippen LogP contribution in [0.5, 0.6) is 0 Å². The van der Waals surface area contributed by atoms with Crippen LogP contribution in [0.25, 0.3) is 0 Å². The number of carbonyl (C=O) groups is 1. The van der Waals surface area contributed by atoms with Gasteiger partial charge in [-0.05, 0) is 24.3 Å². The minimum Gasteiger partial charge on any atom is -0.354 e. The molecule has 1 aliphatic carbocycles. The smallest absolute Gasteiger partial charge is 0.270 e. The van der Waals surface area contributed by atoms with Crippen molar-refractivity contribution in [1.29, 1.82) is 0 Å². The molecule has 1 N–H and O–H groups in total. The van der Waals surface area contributed by atoms with Crippen LogP contribution >= 0.6 is 0 Å². The first-order valence-corrected chi connectivity index (χ1v) is 9.82. The van der Waals surface area contributed by atoms with Crippen LogP contribution in [0, 0.1) is 0 Å². The number of hydrogen-bond acceptors (Lipinski definition) is 3. The largest absolute Gasteiger partial charge is 0.354 e. The van der Waals surface area contributed by atoms with Gasteiger partial charge in [-0.2, -0.15) is 0 Å². The molecule has 0 radical (unpaired) electrons. The third-order valence-electron chi connectivity index (χ3n) is 5.11. The summed E-state index contributed by atoms with van der Waals surface area (Å²) < 4.78 is 28.1. The Kier molecular flexibility index (Phi) is 5.65. The number of aromatic nitrogens is 1. The van der Waals surface area contributed by atoms with Gasteiger partial charge in [0, 0.05) is 18.2 Å². The molecule has 1 saturated carbocycles. The molecule has 2 aromatic carbocycles. The van der Waals surface area contributed by atoms with E-state index in [0.29, 0.717) is 17.0 Å². The van der Waals surface area contributed by atoms with Crippen molar-refractivity contribution in [2.75, 3.05) is 7.05 Å². The number of nitrogens with one attached hydrogen (secondary N) is 1. The van der Waals surface area contributed by atoms with E-state index in [1.54, 1.807) is 0 Å². The van der Waals surface area contributed by atoms with E-state index >= 15 is 0 Å². The summed E-state index contributed by atoms with van der Waals surface area (Å²) in [5.41, 5.74) is 2.71. The van der Waals surface area contributed by atoms with Crippen molar-refractivity contribution in [3.8, 4) is 0 Å². The summed E-state index contributed by atoms with van der Waals surface area (Å²) in [6.07, 6.45) is 0.222. The molecule has 1 aliphatic rings. The molecule has 1 amide bonds. The lowest BCUT2D eigenvalue weighted by molar-refractivity contribution is 0.0942. The fourth-order valence-corrected chi connectivity index (χ4v) is 3.55. The number of pyridine rings is 1. The van der Waals surface area contributed by atoms with Crippen molar-refractivity contribution in [2.45, 2.75) is 25.2 Å². The maximum Gasteiger partial charge on any atom is 0.270 e. The third kappa shape index (κ3) is 3.99. The lowest BCUT2D eigenvalue weighted by atomic mass is 9.98. The molecule has 0 spiro atoms. The monoisotopic (exact) mass is 405 g/mol. The van der Waals surface area contributed by atoms with Gasteiger partial charge < -0.3 is 5.32 Å². The van der Waals surface area contributed by atoms with Crippen LogP contribution in [-0.4, -0.2) is 23.7 Å². The van der Waals surface area contributed by atoms with E-state index in [1.807, 2.05) is 60.7 Å². The van der Waals surface area contributed by atoms with E-state index in [0.717, 1.165) is 24.0 Å². The lowest BCUT2D eigenvalue weighted by Crippen LogP contribution is -2.22. The van der Waals surface area contributed by atoms with Crippen LogP contribution in [0.4, 0.5) is 14.5 Å². The molecule has 4 rings (SSSR count). The number of hydrogen-bond donors (Lipinski definition) is 1. The summed E-state index contributed by atoms with van der Waals surface area (Å²) in [5.74, 6) is -0.652. The Morgan fingerprint density at radius 2 is 1.60 bits per heavy atom. The van der Waals surface area contributed by atoms with E-state index in [2.05, 4.69) is 10.3 Å². The molecule has 1 aromatic heterocycles. The second-order valence-corrected chi connectivity index (χ2v) is 7.17. The molecular weight excluding hydrogens is 384 g/mol. The molecular formula is C24H21F2N3O. The van der Waals surface area contributed by atoms with Gasteiger partial charge in [0.15, 0.2) is 0 Å². The summed E-state index contributed by atoms with van der Waals surface area (Å²) in [5, 5.41) is 2.40. The zero-order valence-corrected chi connectivity index (χ0v) is 16.5. The molecule has 0 saturated heterocycles. The second-order valence-electron chi connectivity index (χ2n) is 7.17. The number of amides is 1. The molecule has 3 aromatic rings. The highest BCUT2D eigenvalue weighted by atomic mass is 19.3. The molecule has 6 heteroatoms. The fraction of sp³-hybridized carbons (Fsp3) is 0.208. The van der Waals surface area contributed by atoms with E-state index in [1.165, 1.54) is 13.2 Å². The van der Waals surface area contributed by atoms with Crippen molar-refractivity contribution in [2.24, 2.45) is 4.99 Å². The lowest BCUT2D eigenvalue weighted by Gasteiger charge is -2.16. The first-order chi connectivity index (χ1) is 14.6. The van der Waals surface area contributed by atoms with Gasteiger partial charge in [-0.25, -0.2) is 18.8 Å². The van der Waals surface area contributed by atoms with Crippen molar-refractivity contribution in [1.82, 2.24) is 10.3 Å². The normalized spacial score (nSPS) is 13.2. The number of nitrogens with zero attached hydrogens (tertiary/aromatic N) is 2. The zero-order valence-electron chi connectivity index (χ0n) is 16.5. The highest BCUT2D eigenvalue weighted by Gasteiger charge is 2.35. The van der Waals surface area contributed by atoms with Crippen LogP contribution in [0.2, 0.25) is 0 Å². The summed E-state index contributed by atoms with van der Waals surface area (Å²) in [6, 6.07) is 19.2. The SMILES string of the molecule is CNC(=O)c1ncc(N=C(c2ccccc2)c2ccccc2)c(C2CC2)c1C(F)F. The van der Waals surface area contributed by atoms with Gasteiger partial charge in [0.2, 0.25) is 0 Å². The maximum absolute atomic E-state index is 14.1. The Hall–Kier alpha value is -3.41. The van der Waals surface area contributed by atoms with Crippen molar-refractivity contribution < 1.29 is 13.6 Å². The van der Waals surface area contributed by atoms with E-state index in [-0.39, 0.29) is 17.2 Å². The highest BCUT2D eigenvalue weighted by Crippen LogP contribution is 2.48. The van der Waals surface area contributed by atoms with E-state index < -0.39 is 12.3 Å². The van der Waals surface area contributed by atoms with Crippen LogP contribution in [0.3, 0.4) is 0 Å². The minimum absolute atomic E-state index is 0.0352. The summed E-state index contributed by atoms with van der Waals surface area (Å²) in [6.45, 7) is 0. The molecule has 0 unspecified atom stereocenters. The molecule has 152 valence electrons. The van der Waals surface area contributed by atoms with E-state index in [9.17, 15) is 13.6 Å². The average Bonchev–Trinajstić information content (AvgIpc) is 3.62. The number of alkyl halides is 2. The Morgan fingerprint density at radius 1 is 1.03 bits per heavy atom. The van der Waals surface area contributed by atoms with Crippen LogP contribution in [0.1, 0.15) is 57.9 Å². The Bertz CT molecular complexity index is 1040. The molecule has 1 heterocycles. The van der Waals surface area contributed by atoms with Gasteiger partial charge in [0.05, 0.1) is 23.2 Å². The average molecular weight is 405 g/mol. The molecule has 1 fully saturated rings. The van der Waals surface area contributed by atoms with Gasteiger partial charge in [0.25, 0.3) is 12.3 Å². The first-order valence-electron chi connectivity index (χ1n) is 9.82. The molecule has 30 heavy (non-hydrogen) atoms. The Labute approximate surface area is 173 Å². The van der Waals surface area contributed by atoms with Gasteiger partial charge in [-0.1, -0.05) is 60.7 Å². The topological polar surface area (TPSA) is 54.4 Å².